The average molecular weight is 211 g/mol. The molecule has 1 aromatic rings. The van der Waals surface area contributed by atoms with Crippen LogP contribution in [0.4, 0.5) is 0 Å². The Kier molecular flexibility index (Phi) is 3.56. The summed E-state index contributed by atoms with van der Waals surface area (Å²) < 4.78 is 0. The highest BCUT2D eigenvalue weighted by Crippen LogP contribution is 2.22. The summed E-state index contributed by atoms with van der Waals surface area (Å²) in [5.41, 5.74) is 0. The average Bonchev–Trinajstić information content (AvgIpc) is 2.87. The third-order valence-electron chi connectivity index (χ3n) is 2.79. The normalized spacial score (nSPS) is 20.1. The first-order chi connectivity index (χ1) is 6.86. The predicted molar refractivity (Wildman–Crippen MR) is 59.6 cm³/mol. The molecule has 0 unspecified atom stereocenters. The van der Waals surface area contributed by atoms with Gasteiger partial charge in [-0.1, -0.05) is 6.07 Å². The second-order valence-electron chi connectivity index (χ2n) is 3.87. The molecule has 1 N–H and O–H groups in total. The highest BCUT2D eigenvalue weighted by Gasteiger charge is 2.14. The second-order valence-corrected chi connectivity index (χ2v) is 4.85. The van der Waals surface area contributed by atoms with Gasteiger partial charge in [0.1, 0.15) is 0 Å². The molecule has 0 aromatic carbocycles. The molecular formula is C11H17NOS. The van der Waals surface area contributed by atoms with E-state index < -0.39 is 0 Å². The Morgan fingerprint density at radius 3 is 2.86 bits per heavy atom. The summed E-state index contributed by atoms with van der Waals surface area (Å²) >= 11 is 1.64. The van der Waals surface area contributed by atoms with E-state index >= 15 is 0 Å². The molecule has 0 bridgehead atoms. The van der Waals surface area contributed by atoms with Crippen LogP contribution in [0.2, 0.25) is 0 Å². The molecule has 1 aliphatic rings. The predicted octanol–water partition coefficient (Wildman–Crippen LogP) is 2.27. The lowest BCUT2D eigenvalue weighted by atomic mass is 10.2. The van der Waals surface area contributed by atoms with Gasteiger partial charge in [-0.3, -0.25) is 0 Å². The van der Waals surface area contributed by atoms with E-state index in [0.717, 1.165) is 17.8 Å². The first-order valence-electron chi connectivity index (χ1n) is 5.30. The lowest BCUT2D eigenvalue weighted by molar-refractivity contribution is 0.152. The van der Waals surface area contributed by atoms with Gasteiger partial charge in [0.25, 0.3) is 0 Å². The minimum Gasteiger partial charge on any atom is -0.388 e. The molecule has 0 radical (unpaired) electrons. The number of hydrogen-bond acceptors (Lipinski definition) is 3. The van der Waals surface area contributed by atoms with Crippen molar-refractivity contribution in [2.75, 3.05) is 19.6 Å². The van der Waals surface area contributed by atoms with Crippen LogP contribution >= 0.6 is 11.3 Å². The summed E-state index contributed by atoms with van der Waals surface area (Å²) in [6, 6.07) is 4.01. The van der Waals surface area contributed by atoms with E-state index in [0.29, 0.717) is 0 Å². The van der Waals surface area contributed by atoms with Crippen LogP contribution in [0.15, 0.2) is 17.5 Å². The fraction of sp³-hybridized carbons (Fsp3) is 0.636. The van der Waals surface area contributed by atoms with Gasteiger partial charge >= 0.3 is 0 Å². The van der Waals surface area contributed by atoms with Crippen molar-refractivity contribution in [1.29, 1.82) is 0 Å². The van der Waals surface area contributed by atoms with Crippen molar-refractivity contribution in [3.05, 3.63) is 22.4 Å². The molecule has 0 amide bonds. The summed E-state index contributed by atoms with van der Waals surface area (Å²) in [7, 11) is 0. The van der Waals surface area contributed by atoms with E-state index in [9.17, 15) is 5.11 Å². The van der Waals surface area contributed by atoms with Crippen LogP contribution in [-0.4, -0.2) is 29.6 Å². The van der Waals surface area contributed by atoms with Crippen LogP contribution in [-0.2, 0) is 0 Å². The standard InChI is InChI=1S/C11H17NOS/c13-10(11-4-3-9-14-11)5-8-12-6-1-2-7-12/h3-4,9-10,13H,1-2,5-8H2/t10-/m1/s1. The maximum Gasteiger partial charge on any atom is 0.0894 e. The molecule has 2 heterocycles. The quantitative estimate of drug-likeness (QED) is 0.826. The number of thiophene rings is 1. The SMILES string of the molecule is O[C@H](CCN1CCCC1)c1cccs1. The third kappa shape index (κ3) is 2.56. The summed E-state index contributed by atoms with van der Waals surface area (Å²) in [5.74, 6) is 0. The largest absolute Gasteiger partial charge is 0.388 e. The lowest BCUT2D eigenvalue weighted by Gasteiger charge is -2.16. The number of hydrogen-bond donors (Lipinski definition) is 1. The Balaban J connectivity index is 1.74. The van der Waals surface area contributed by atoms with Crippen LogP contribution < -0.4 is 0 Å². The van der Waals surface area contributed by atoms with Gasteiger partial charge in [-0.2, -0.15) is 0 Å². The van der Waals surface area contributed by atoms with Crippen molar-refractivity contribution in [1.82, 2.24) is 4.90 Å². The zero-order valence-corrected chi connectivity index (χ0v) is 9.17. The van der Waals surface area contributed by atoms with E-state index in [1.54, 1.807) is 11.3 Å². The van der Waals surface area contributed by atoms with Gasteiger partial charge in [0, 0.05) is 11.4 Å². The second kappa shape index (κ2) is 4.91. The summed E-state index contributed by atoms with van der Waals surface area (Å²) in [5, 5.41) is 11.9. The van der Waals surface area contributed by atoms with E-state index in [4.69, 9.17) is 0 Å². The minimum atomic E-state index is -0.254. The Hall–Kier alpha value is -0.380. The molecule has 1 saturated heterocycles. The molecule has 14 heavy (non-hydrogen) atoms. The Morgan fingerprint density at radius 2 is 2.21 bits per heavy atom. The molecule has 0 spiro atoms. The van der Waals surface area contributed by atoms with Gasteiger partial charge in [0.05, 0.1) is 6.10 Å². The Morgan fingerprint density at radius 1 is 1.43 bits per heavy atom. The molecular weight excluding hydrogens is 194 g/mol. The van der Waals surface area contributed by atoms with E-state index in [1.807, 2.05) is 17.5 Å². The lowest BCUT2D eigenvalue weighted by Crippen LogP contribution is -2.21. The smallest absolute Gasteiger partial charge is 0.0894 e. The van der Waals surface area contributed by atoms with Crippen molar-refractivity contribution in [3.63, 3.8) is 0 Å². The molecule has 0 aliphatic carbocycles. The molecule has 2 nitrogen and oxygen atoms in total. The van der Waals surface area contributed by atoms with Crippen molar-refractivity contribution in [2.24, 2.45) is 0 Å². The minimum absolute atomic E-state index is 0.254. The van der Waals surface area contributed by atoms with Crippen LogP contribution in [0.3, 0.4) is 0 Å². The van der Waals surface area contributed by atoms with Crippen molar-refractivity contribution < 1.29 is 5.11 Å². The zero-order valence-electron chi connectivity index (χ0n) is 8.35. The van der Waals surface area contributed by atoms with Crippen LogP contribution in [0.5, 0.6) is 0 Å². The van der Waals surface area contributed by atoms with Gasteiger partial charge in [-0.05, 0) is 43.8 Å². The van der Waals surface area contributed by atoms with E-state index in [2.05, 4.69) is 4.90 Å². The Labute approximate surface area is 89.2 Å². The highest BCUT2D eigenvalue weighted by molar-refractivity contribution is 7.10. The maximum absolute atomic E-state index is 9.85. The monoisotopic (exact) mass is 211 g/mol. The van der Waals surface area contributed by atoms with Gasteiger partial charge in [0.15, 0.2) is 0 Å². The van der Waals surface area contributed by atoms with Crippen molar-refractivity contribution in [2.45, 2.75) is 25.4 Å². The molecule has 1 atom stereocenters. The molecule has 78 valence electrons. The van der Waals surface area contributed by atoms with E-state index in [1.165, 1.54) is 25.9 Å². The summed E-state index contributed by atoms with van der Waals surface area (Å²) in [6.45, 7) is 3.48. The maximum atomic E-state index is 9.85. The van der Waals surface area contributed by atoms with Gasteiger partial charge in [-0.25, -0.2) is 0 Å². The highest BCUT2D eigenvalue weighted by atomic mass is 32.1. The fourth-order valence-corrected chi connectivity index (χ4v) is 2.68. The fourth-order valence-electron chi connectivity index (χ4n) is 1.93. The van der Waals surface area contributed by atoms with Crippen LogP contribution in [0.25, 0.3) is 0 Å². The zero-order chi connectivity index (χ0) is 9.80. The first-order valence-corrected chi connectivity index (χ1v) is 6.18. The number of aliphatic hydroxyl groups is 1. The van der Waals surface area contributed by atoms with Crippen molar-refractivity contribution in [3.8, 4) is 0 Å². The molecule has 1 aromatic heterocycles. The van der Waals surface area contributed by atoms with Crippen molar-refractivity contribution >= 4 is 11.3 Å². The number of aliphatic hydroxyl groups excluding tert-OH is 1. The van der Waals surface area contributed by atoms with Gasteiger partial charge < -0.3 is 10.0 Å². The molecule has 1 aliphatic heterocycles. The number of likely N-dealkylation sites (tertiary alicyclic amines) is 1. The van der Waals surface area contributed by atoms with Crippen LogP contribution in [0.1, 0.15) is 30.2 Å². The molecule has 0 saturated carbocycles. The summed E-state index contributed by atoms with van der Waals surface area (Å²) in [6.07, 6.45) is 3.28. The van der Waals surface area contributed by atoms with Gasteiger partial charge in [0.2, 0.25) is 0 Å². The molecule has 1 fully saturated rings. The first kappa shape index (κ1) is 10.1. The van der Waals surface area contributed by atoms with Crippen LogP contribution in [0, 0.1) is 0 Å². The topological polar surface area (TPSA) is 23.5 Å². The third-order valence-corrected chi connectivity index (χ3v) is 3.76. The Bertz CT molecular complexity index is 254. The number of nitrogens with zero attached hydrogens (tertiary/aromatic N) is 1. The number of rotatable bonds is 4. The molecule has 3 heteroatoms. The molecule has 2 rings (SSSR count). The summed E-state index contributed by atoms with van der Waals surface area (Å²) in [4.78, 5) is 3.54. The van der Waals surface area contributed by atoms with Gasteiger partial charge in [-0.15, -0.1) is 11.3 Å². The van der Waals surface area contributed by atoms with E-state index in [-0.39, 0.29) is 6.10 Å².